The molecule has 1 aromatic carbocycles. The highest BCUT2D eigenvalue weighted by Gasteiger charge is 2.20. The summed E-state index contributed by atoms with van der Waals surface area (Å²) >= 11 is 0. The Morgan fingerprint density at radius 1 is 1.31 bits per heavy atom. The highest BCUT2D eigenvalue weighted by molar-refractivity contribution is 5.87. The monoisotopic (exact) mass is 213 g/mol. The second-order valence-corrected chi connectivity index (χ2v) is 3.95. The molecule has 80 valence electrons. The molecule has 0 saturated heterocycles. The van der Waals surface area contributed by atoms with Gasteiger partial charge in [-0.25, -0.2) is 0 Å². The lowest BCUT2D eigenvalue weighted by molar-refractivity contribution is 0.394. The molecule has 0 aliphatic carbocycles. The number of benzene rings is 1. The fraction of sp³-hybridized carbons (Fsp3) is 0.250. The Morgan fingerprint density at radius 3 is 2.94 bits per heavy atom. The van der Waals surface area contributed by atoms with E-state index in [0.29, 0.717) is 17.6 Å². The molecule has 0 amide bonds. The average Bonchev–Trinajstić information content (AvgIpc) is 2.86. The van der Waals surface area contributed by atoms with E-state index < -0.39 is 0 Å². The van der Waals surface area contributed by atoms with E-state index in [1.807, 2.05) is 18.3 Å². The lowest BCUT2D eigenvalue weighted by atomic mass is 10.00. The molecule has 0 spiro atoms. The fourth-order valence-corrected chi connectivity index (χ4v) is 1.93. The number of nitrogens with zero attached hydrogens (tertiary/aromatic N) is 3. The fourth-order valence-electron chi connectivity index (χ4n) is 1.93. The summed E-state index contributed by atoms with van der Waals surface area (Å²) < 4.78 is 4.99. The van der Waals surface area contributed by atoms with Crippen molar-refractivity contribution in [3.8, 4) is 11.4 Å². The van der Waals surface area contributed by atoms with Crippen molar-refractivity contribution in [1.82, 2.24) is 10.1 Å². The average molecular weight is 213 g/mol. The van der Waals surface area contributed by atoms with Gasteiger partial charge < -0.3 is 4.52 Å². The van der Waals surface area contributed by atoms with E-state index in [9.17, 15) is 0 Å². The molecular formula is C12H11N3O. The first-order valence-corrected chi connectivity index (χ1v) is 5.23. The van der Waals surface area contributed by atoms with Gasteiger partial charge in [0.2, 0.25) is 11.7 Å². The summed E-state index contributed by atoms with van der Waals surface area (Å²) in [5, 5.41) is 3.93. The number of para-hydroxylation sites is 1. The maximum Gasteiger partial charge on any atom is 0.223 e. The van der Waals surface area contributed by atoms with Gasteiger partial charge in [-0.3, -0.25) is 4.99 Å². The van der Waals surface area contributed by atoms with Crippen LogP contribution in [0.3, 0.4) is 0 Å². The molecule has 4 nitrogen and oxygen atoms in total. The minimum atomic E-state index is 0.364. The van der Waals surface area contributed by atoms with Crippen LogP contribution in [0.5, 0.6) is 0 Å². The Kier molecular flexibility index (Phi) is 1.89. The molecule has 2 aromatic rings. The number of fused-ring (bicyclic) bond motifs is 1. The van der Waals surface area contributed by atoms with Crippen molar-refractivity contribution in [2.45, 2.75) is 19.8 Å². The van der Waals surface area contributed by atoms with E-state index in [1.165, 1.54) is 5.56 Å². The van der Waals surface area contributed by atoms with Crippen molar-refractivity contribution >= 4 is 11.9 Å². The molecule has 1 atom stereocenters. The van der Waals surface area contributed by atoms with Crippen molar-refractivity contribution in [2.75, 3.05) is 0 Å². The molecule has 0 saturated carbocycles. The van der Waals surface area contributed by atoms with Crippen LogP contribution in [0.25, 0.3) is 11.4 Å². The number of rotatable bonds is 1. The summed E-state index contributed by atoms with van der Waals surface area (Å²) in [5.41, 5.74) is 3.13. The first-order valence-electron chi connectivity index (χ1n) is 5.23. The van der Waals surface area contributed by atoms with Gasteiger partial charge in [-0.15, -0.1) is 0 Å². The van der Waals surface area contributed by atoms with Gasteiger partial charge in [0.05, 0.1) is 5.69 Å². The highest BCUT2D eigenvalue weighted by Crippen LogP contribution is 2.38. The van der Waals surface area contributed by atoms with Gasteiger partial charge in [-0.05, 0) is 11.6 Å². The number of hydrogen-bond acceptors (Lipinski definition) is 4. The minimum absolute atomic E-state index is 0.364. The molecular weight excluding hydrogens is 202 g/mol. The van der Waals surface area contributed by atoms with E-state index in [-0.39, 0.29) is 0 Å². The Hall–Kier alpha value is -1.97. The van der Waals surface area contributed by atoms with Crippen molar-refractivity contribution in [3.05, 3.63) is 29.7 Å². The molecule has 1 aliphatic rings. The molecule has 0 radical (unpaired) electrons. The number of aromatic nitrogens is 2. The quantitative estimate of drug-likeness (QED) is 0.731. The third-order valence-electron chi connectivity index (χ3n) is 2.75. The topological polar surface area (TPSA) is 51.3 Å². The molecule has 0 N–H and O–H groups in total. The highest BCUT2D eigenvalue weighted by atomic mass is 16.5. The van der Waals surface area contributed by atoms with Gasteiger partial charge >= 0.3 is 0 Å². The summed E-state index contributed by atoms with van der Waals surface area (Å²) in [5.74, 6) is 1.55. The molecule has 0 bridgehead atoms. The standard InChI is InChI=1S/C12H11N3O/c1-7-6-13-11-9(7)4-3-5-10(11)12-14-8(2)16-15-12/h3-7H,1-2H3. The van der Waals surface area contributed by atoms with Gasteiger partial charge in [-0.1, -0.05) is 24.2 Å². The van der Waals surface area contributed by atoms with Crippen molar-refractivity contribution < 1.29 is 4.52 Å². The first-order chi connectivity index (χ1) is 7.75. The van der Waals surface area contributed by atoms with Crippen LogP contribution in [0.15, 0.2) is 27.7 Å². The molecule has 2 heterocycles. The Morgan fingerprint density at radius 2 is 2.19 bits per heavy atom. The van der Waals surface area contributed by atoms with Gasteiger partial charge in [-0.2, -0.15) is 4.98 Å². The molecule has 1 aromatic heterocycles. The van der Waals surface area contributed by atoms with E-state index in [4.69, 9.17) is 4.52 Å². The number of aryl methyl sites for hydroxylation is 1. The Labute approximate surface area is 93.0 Å². The largest absolute Gasteiger partial charge is 0.339 e. The van der Waals surface area contributed by atoms with Crippen LogP contribution >= 0.6 is 0 Å². The zero-order chi connectivity index (χ0) is 11.1. The molecule has 16 heavy (non-hydrogen) atoms. The maximum atomic E-state index is 4.99. The normalized spacial score (nSPS) is 17.8. The zero-order valence-electron chi connectivity index (χ0n) is 9.14. The molecule has 1 aliphatic heterocycles. The van der Waals surface area contributed by atoms with Gasteiger partial charge in [0, 0.05) is 24.6 Å². The Balaban J connectivity index is 2.19. The van der Waals surface area contributed by atoms with Crippen molar-refractivity contribution in [2.24, 2.45) is 4.99 Å². The van der Waals surface area contributed by atoms with E-state index in [0.717, 1.165) is 11.3 Å². The van der Waals surface area contributed by atoms with E-state index in [2.05, 4.69) is 28.1 Å². The predicted octanol–water partition coefficient (Wildman–Crippen LogP) is 2.86. The predicted molar refractivity (Wildman–Crippen MR) is 61.0 cm³/mol. The molecule has 3 rings (SSSR count). The first kappa shape index (κ1) is 9.27. The van der Waals surface area contributed by atoms with Gasteiger partial charge in [0.15, 0.2) is 0 Å². The van der Waals surface area contributed by atoms with Gasteiger partial charge in [0.1, 0.15) is 0 Å². The minimum Gasteiger partial charge on any atom is -0.339 e. The van der Waals surface area contributed by atoms with E-state index in [1.54, 1.807) is 6.92 Å². The maximum absolute atomic E-state index is 4.99. The lowest BCUT2D eigenvalue weighted by Gasteiger charge is -2.04. The smallest absolute Gasteiger partial charge is 0.223 e. The summed E-state index contributed by atoms with van der Waals surface area (Å²) in [6, 6.07) is 6.06. The lowest BCUT2D eigenvalue weighted by Crippen LogP contribution is -1.89. The van der Waals surface area contributed by atoms with E-state index >= 15 is 0 Å². The van der Waals surface area contributed by atoms with Crippen LogP contribution in [-0.4, -0.2) is 16.4 Å². The van der Waals surface area contributed by atoms with Crippen molar-refractivity contribution in [3.63, 3.8) is 0 Å². The summed E-state index contributed by atoms with van der Waals surface area (Å²) in [4.78, 5) is 8.65. The van der Waals surface area contributed by atoms with Crippen LogP contribution in [-0.2, 0) is 0 Å². The third kappa shape index (κ3) is 1.26. The second-order valence-electron chi connectivity index (χ2n) is 3.95. The van der Waals surface area contributed by atoms with Crippen molar-refractivity contribution in [1.29, 1.82) is 0 Å². The van der Waals surface area contributed by atoms with Gasteiger partial charge in [0.25, 0.3) is 0 Å². The second kappa shape index (κ2) is 3.27. The SMILES string of the molecule is Cc1nc(-c2cccc3c2N=CC3C)no1. The summed E-state index contributed by atoms with van der Waals surface area (Å²) in [6.45, 7) is 3.91. The summed E-state index contributed by atoms with van der Waals surface area (Å²) in [6.07, 6.45) is 1.95. The molecule has 4 heteroatoms. The van der Waals surface area contributed by atoms with Crippen LogP contribution in [0, 0.1) is 6.92 Å². The van der Waals surface area contributed by atoms with Crippen LogP contribution < -0.4 is 0 Å². The Bertz CT molecular complexity index is 571. The van der Waals surface area contributed by atoms with Crippen LogP contribution in [0.1, 0.15) is 24.3 Å². The number of hydrogen-bond donors (Lipinski definition) is 0. The molecule has 0 fully saturated rings. The number of aliphatic imine (C=N–C) groups is 1. The van der Waals surface area contributed by atoms with Crippen LogP contribution in [0.2, 0.25) is 0 Å². The summed E-state index contributed by atoms with van der Waals surface area (Å²) in [7, 11) is 0. The zero-order valence-corrected chi connectivity index (χ0v) is 9.14. The third-order valence-corrected chi connectivity index (χ3v) is 2.75. The molecule has 1 unspecified atom stereocenters. The van der Waals surface area contributed by atoms with Crippen LogP contribution in [0.4, 0.5) is 5.69 Å².